The lowest BCUT2D eigenvalue weighted by Gasteiger charge is -2.26. The van der Waals surface area contributed by atoms with Gasteiger partial charge in [0.1, 0.15) is 13.2 Å². The van der Waals surface area contributed by atoms with Gasteiger partial charge in [0, 0.05) is 6.42 Å². The van der Waals surface area contributed by atoms with Crippen molar-refractivity contribution >= 4 is 13.7 Å². The van der Waals surface area contributed by atoms with Crippen LogP contribution in [0.3, 0.4) is 0 Å². The van der Waals surface area contributed by atoms with Crippen molar-refractivity contribution in [3.8, 4) is 0 Å². The predicted octanol–water partition coefficient (Wildman–Crippen LogP) is 18.1. The van der Waals surface area contributed by atoms with Crippen LogP contribution in [0.2, 0.25) is 0 Å². The molecule has 0 fully saturated rings. The maximum absolute atomic E-state index is 13.0. The minimum atomic E-state index is -4.33. The summed E-state index contributed by atoms with van der Waals surface area (Å²) in [7, 11) is 1.62. The lowest BCUT2D eigenvalue weighted by atomic mass is 10.0. The van der Waals surface area contributed by atoms with E-state index in [9.17, 15) is 19.4 Å². The van der Waals surface area contributed by atoms with Gasteiger partial charge in [0.05, 0.1) is 39.9 Å². The van der Waals surface area contributed by atoms with Crippen LogP contribution in [-0.2, 0) is 18.4 Å². The number of carbonyl (C=O) groups is 1. The number of hydrogen-bond acceptors (Lipinski definition) is 5. The highest BCUT2D eigenvalue weighted by Gasteiger charge is 2.28. The number of nitrogens with zero attached hydrogens (tertiary/aromatic N) is 1. The van der Waals surface area contributed by atoms with E-state index in [-0.39, 0.29) is 19.1 Å². The number of aliphatic hydroxyl groups excluding tert-OH is 1. The molecule has 0 aliphatic rings. The zero-order valence-corrected chi connectivity index (χ0v) is 47.7. The predicted molar refractivity (Wildman–Crippen MR) is 304 cm³/mol. The SMILES string of the molecule is CC/C=C\C/C=C\C/C=C\C/C=C\C/C=C\CCCCCCCCCCCCCC(=O)NC(COP(=O)(O)OCC[N+](C)(C)C)C(O)CCCCCCCCCCCCCCCCCCCCCCC. The van der Waals surface area contributed by atoms with Gasteiger partial charge in [0.2, 0.25) is 5.91 Å². The average Bonchev–Trinajstić information content (AvgIpc) is 3.32. The fourth-order valence-electron chi connectivity index (χ4n) is 8.66. The molecule has 0 heterocycles. The fourth-order valence-corrected chi connectivity index (χ4v) is 9.40. The van der Waals surface area contributed by atoms with Gasteiger partial charge in [-0.25, -0.2) is 4.57 Å². The second kappa shape index (κ2) is 52.1. The number of phosphoric ester groups is 1. The number of allylic oxidation sites excluding steroid dienone is 10. The Morgan fingerprint density at radius 3 is 1.26 bits per heavy atom. The molecule has 0 aliphatic heterocycles. The van der Waals surface area contributed by atoms with Gasteiger partial charge in [-0.05, 0) is 57.8 Å². The molecule has 3 unspecified atom stereocenters. The van der Waals surface area contributed by atoms with E-state index in [2.05, 4.69) is 79.9 Å². The zero-order valence-electron chi connectivity index (χ0n) is 46.8. The van der Waals surface area contributed by atoms with Crippen LogP contribution >= 0.6 is 7.82 Å². The second-order valence-corrected chi connectivity index (χ2v) is 22.8. The Kier molecular flexibility index (Phi) is 50.7. The number of amides is 1. The third-order valence-corrected chi connectivity index (χ3v) is 14.3. The van der Waals surface area contributed by atoms with Crippen LogP contribution in [0.1, 0.15) is 271 Å². The summed E-state index contributed by atoms with van der Waals surface area (Å²) in [5.74, 6) is -0.147. The van der Waals surface area contributed by atoms with Crippen LogP contribution in [0.4, 0.5) is 0 Å². The number of unbranched alkanes of at least 4 members (excludes halogenated alkanes) is 31. The Hall–Kier alpha value is -1.80. The highest BCUT2D eigenvalue weighted by molar-refractivity contribution is 7.47. The molecular weight excluding hydrogens is 888 g/mol. The minimum Gasteiger partial charge on any atom is -0.391 e. The summed E-state index contributed by atoms with van der Waals surface area (Å²) in [5.41, 5.74) is 0. The lowest BCUT2D eigenvalue weighted by Crippen LogP contribution is -2.46. The first-order valence-electron chi connectivity index (χ1n) is 29.7. The number of likely N-dealkylation sites (N-methyl/N-ethyl adjacent to an activating group) is 1. The number of aliphatic hydroxyl groups is 1. The van der Waals surface area contributed by atoms with Crippen LogP contribution in [0.25, 0.3) is 0 Å². The number of quaternary nitrogens is 1. The molecule has 8 nitrogen and oxygen atoms in total. The molecule has 0 rings (SSSR count). The minimum absolute atomic E-state index is 0.0727. The van der Waals surface area contributed by atoms with E-state index < -0.39 is 20.0 Å². The van der Waals surface area contributed by atoms with Crippen LogP contribution in [-0.4, -0.2) is 73.4 Å². The lowest BCUT2D eigenvalue weighted by molar-refractivity contribution is -0.870. The van der Waals surface area contributed by atoms with Gasteiger partial charge in [-0.2, -0.15) is 0 Å². The molecule has 0 aliphatic carbocycles. The second-order valence-electron chi connectivity index (χ2n) is 21.3. The van der Waals surface area contributed by atoms with Crippen molar-refractivity contribution in [3.63, 3.8) is 0 Å². The van der Waals surface area contributed by atoms with Gasteiger partial charge in [-0.15, -0.1) is 0 Å². The summed E-state index contributed by atoms with van der Waals surface area (Å²) in [5, 5.41) is 14.1. The summed E-state index contributed by atoms with van der Waals surface area (Å²) >= 11 is 0. The first-order chi connectivity index (χ1) is 34.0. The van der Waals surface area contributed by atoms with Crippen molar-refractivity contribution in [3.05, 3.63) is 60.8 Å². The Bertz CT molecular complexity index is 1320. The van der Waals surface area contributed by atoms with Crippen LogP contribution < -0.4 is 5.32 Å². The summed E-state index contributed by atoms with van der Waals surface area (Å²) in [6.07, 6.45) is 69.9. The number of carbonyl (C=O) groups excluding carboxylic acids is 1. The standard InChI is InChI=1S/C61H115N2O6P/c1-6-8-10-12-14-16-18-20-22-24-26-28-29-30-31-32-33-35-37-39-41-43-45-47-49-51-53-55-61(65)62-59(58-69-70(66,67)68-57-56-63(3,4)5)60(64)54-52-50-48-46-44-42-40-38-36-34-27-25-23-21-19-17-15-13-11-9-7-2/h8,10,14,16,20,22,26,28,30-31,59-60,64H,6-7,9,11-13,15,17-19,21,23-25,27,29,32-58H2,1-5H3,(H-,62,65,66,67)/p+1/b10-8-,16-14-,22-20-,28-26-,31-30-. The molecule has 0 bridgehead atoms. The third kappa shape index (κ3) is 54.0. The number of hydrogen-bond donors (Lipinski definition) is 3. The first-order valence-corrected chi connectivity index (χ1v) is 31.1. The Morgan fingerprint density at radius 1 is 0.500 bits per heavy atom. The smallest absolute Gasteiger partial charge is 0.391 e. The molecular formula is C61H116N2O6P+. The highest BCUT2D eigenvalue weighted by atomic mass is 31.2. The number of nitrogens with one attached hydrogen (secondary N) is 1. The van der Waals surface area contributed by atoms with Crippen molar-refractivity contribution in [2.75, 3.05) is 40.9 Å². The number of rotatable bonds is 54. The first kappa shape index (κ1) is 68.2. The van der Waals surface area contributed by atoms with Crippen molar-refractivity contribution in [2.45, 2.75) is 283 Å². The van der Waals surface area contributed by atoms with Crippen molar-refractivity contribution < 1.29 is 32.9 Å². The molecule has 0 aromatic rings. The van der Waals surface area contributed by atoms with Crippen LogP contribution in [0, 0.1) is 0 Å². The summed E-state index contributed by atoms with van der Waals surface area (Å²) in [6.45, 7) is 4.80. The average molecular weight is 1000 g/mol. The van der Waals surface area contributed by atoms with Gasteiger partial charge in [0.15, 0.2) is 0 Å². The third-order valence-electron chi connectivity index (χ3n) is 13.3. The van der Waals surface area contributed by atoms with E-state index in [1.54, 1.807) is 0 Å². The monoisotopic (exact) mass is 1000 g/mol. The van der Waals surface area contributed by atoms with E-state index in [4.69, 9.17) is 9.05 Å². The van der Waals surface area contributed by atoms with Gasteiger partial charge in [-0.1, -0.05) is 267 Å². The van der Waals surface area contributed by atoms with E-state index in [1.165, 1.54) is 173 Å². The molecule has 0 saturated carbocycles. The molecule has 0 radical (unpaired) electrons. The molecule has 70 heavy (non-hydrogen) atoms. The van der Waals surface area contributed by atoms with E-state index in [0.717, 1.165) is 70.6 Å². The fraction of sp³-hybridized carbons (Fsp3) is 0.820. The quantitative estimate of drug-likeness (QED) is 0.0243. The molecule has 1 amide bonds. The molecule has 0 saturated heterocycles. The Morgan fingerprint density at radius 2 is 0.857 bits per heavy atom. The van der Waals surface area contributed by atoms with Gasteiger partial charge < -0.3 is 19.8 Å². The molecule has 9 heteroatoms. The topological polar surface area (TPSA) is 105 Å². The molecule has 0 aromatic carbocycles. The molecule has 3 N–H and O–H groups in total. The molecule has 0 spiro atoms. The van der Waals surface area contributed by atoms with Crippen molar-refractivity contribution in [2.24, 2.45) is 0 Å². The normalized spacial score (nSPS) is 14.3. The molecule has 410 valence electrons. The van der Waals surface area contributed by atoms with Crippen molar-refractivity contribution in [1.29, 1.82) is 0 Å². The van der Waals surface area contributed by atoms with E-state index >= 15 is 0 Å². The number of phosphoric acid groups is 1. The highest BCUT2D eigenvalue weighted by Crippen LogP contribution is 2.43. The summed E-state index contributed by atoms with van der Waals surface area (Å²) < 4.78 is 23.8. The van der Waals surface area contributed by atoms with E-state index in [1.807, 2.05) is 21.1 Å². The van der Waals surface area contributed by atoms with Crippen LogP contribution in [0.15, 0.2) is 60.8 Å². The Balaban J connectivity index is 4.16. The van der Waals surface area contributed by atoms with Gasteiger partial charge in [0.25, 0.3) is 0 Å². The van der Waals surface area contributed by atoms with Gasteiger partial charge >= 0.3 is 7.82 Å². The van der Waals surface area contributed by atoms with Crippen molar-refractivity contribution in [1.82, 2.24) is 5.32 Å². The zero-order chi connectivity index (χ0) is 51.3. The molecule has 3 atom stereocenters. The van der Waals surface area contributed by atoms with Gasteiger partial charge in [-0.3, -0.25) is 13.8 Å². The maximum atomic E-state index is 13.0. The summed E-state index contributed by atoms with van der Waals surface area (Å²) in [4.78, 5) is 23.4. The largest absolute Gasteiger partial charge is 0.472 e. The van der Waals surface area contributed by atoms with E-state index in [0.29, 0.717) is 23.9 Å². The van der Waals surface area contributed by atoms with Crippen LogP contribution in [0.5, 0.6) is 0 Å². The maximum Gasteiger partial charge on any atom is 0.472 e. The molecule has 0 aromatic heterocycles. The summed E-state index contributed by atoms with van der Waals surface area (Å²) in [6, 6.07) is -0.766. The Labute approximate surface area is 434 Å².